The topological polar surface area (TPSA) is 41.6 Å². The van der Waals surface area contributed by atoms with Gasteiger partial charge in [-0.2, -0.15) is 0 Å². The molecule has 1 fully saturated rings. The molecule has 1 heterocycles. The molecule has 3 rings (SSSR count). The number of rotatable bonds is 5. The summed E-state index contributed by atoms with van der Waals surface area (Å²) in [6.45, 7) is 4.16. The van der Waals surface area contributed by atoms with E-state index in [9.17, 15) is 4.79 Å². The van der Waals surface area contributed by atoms with Crippen LogP contribution >= 0.6 is 24.4 Å². The van der Waals surface area contributed by atoms with Gasteiger partial charge in [0.05, 0.1) is 12.7 Å². The van der Waals surface area contributed by atoms with Gasteiger partial charge < -0.3 is 9.64 Å². The molecular formula is C21H18N2O2S2. The third kappa shape index (κ3) is 3.97. The molecule has 0 radical (unpaired) electrons. The molecule has 2 aromatic carbocycles. The van der Waals surface area contributed by atoms with Crippen molar-refractivity contribution >= 4 is 46.5 Å². The highest BCUT2D eigenvalue weighted by molar-refractivity contribution is 7.82. The number of thiocarbonyl (C=S) groups is 2. The first-order valence-corrected chi connectivity index (χ1v) is 9.10. The number of hydrogen-bond acceptors (Lipinski definition) is 4. The Labute approximate surface area is 169 Å². The van der Waals surface area contributed by atoms with Crippen LogP contribution in [0.25, 0.3) is 17.2 Å². The lowest BCUT2D eigenvalue weighted by molar-refractivity contribution is -0.115. The molecule has 0 saturated carbocycles. The van der Waals surface area contributed by atoms with Crippen molar-refractivity contribution in [3.05, 3.63) is 72.3 Å². The van der Waals surface area contributed by atoms with Gasteiger partial charge in [0.25, 0.3) is 5.91 Å². The van der Waals surface area contributed by atoms with E-state index in [2.05, 4.69) is 11.9 Å². The average molecular weight is 395 g/mol. The minimum atomic E-state index is -0.296. The summed E-state index contributed by atoms with van der Waals surface area (Å²) in [7, 11) is 1.63. The Bertz CT molecular complexity index is 949. The van der Waals surface area contributed by atoms with Gasteiger partial charge in [-0.25, -0.2) is 0 Å². The van der Waals surface area contributed by atoms with E-state index in [0.717, 1.165) is 22.4 Å². The van der Waals surface area contributed by atoms with Crippen LogP contribution in [0.1, 0.15) is 5.56 Å². The van der Waals surface area contributed by atoms with Crippen molar-refractivity contribution in [2.45, 2.75) is 0 Å². The molecule has 1 aliphatic heterocycles. The monoisotopic (exact) mass is 394 g/mol. The molecule has 2 aromatic rings. The fraction of sp³-hybridized carbons (Fsp3) is 0.0952. The predicted octanol–water partition coefficient (Wildman–Crippen LogP) is 3.98. The van der Waals surface area contributed by atoms with E-state index in [1.165, 1.54) is 0 Å². The smallest absolute Gasteiger partial charge is 0.260 e. The molecule has 1 N–H and O–H groups in total. The Hall–Kier alpha value is -2.83. The van der Waals surface area contributed by atoms with Gasteiger partial charge in [-0.1, -0.05) is 54.7 Å². The summed E-state index contributed by atoms with van der Waals surface area (Å²) >= 11 is 10.7. The zero-order chi connectivity index (χ0) is 19.4. The number of carbonyl (C=O) groups excluding carboxylic acids is 1. The van der Waals surface area contributed by atoms with Crippen LogP contribution in [0.2, 0.25) is 0 Å². The highest BCUT2D eigenvalue weighted by Crippen LogP contribution is 2.28. The Morgan fingerprint density at radius 3 is 2.52 bits per heavy atom. The maximum Gasteiger partial charge on any atom is 0.260 e. The van der Waals surface area contributed by atoms with Gasteiger partial charge in [0, 0.05) is 6.54 Å². The van der Waals surface area contributed by atoms with Crippen molar-refractivity contribution in [2.75, 3.05) is 13.7 Å². The quantitative estimate of drug-likeness (QED) is 0.472. The second-order valence-electron chi connectivity index (χ2n) is 5.84. The van der Waals surface area contributed by atoms with Crippen LogP contribution in [0, 0.1) is 0 Å². The maximum absolute atomic E-state index is 12.5. The number of methoxy groups -OCH3 is 1. The van der Waals surface area contributed by atoms with Gasteiger partial charge in [0.1, 0.15) is 10.7 Å². The molecule has 0 aliphatic carbocycles. The van der Waals surface area contributed by atoms with E-state index in [1.807, 2.05) is 48.5 Å². The molecule has 1 aliphatic rings. The van der Waals surface area contributed by atoms with Crippen molar-refractivity contribution in [1.29, 1.82) is 0 Å². The second kappa shape index (κ2) is 8.24. The molecule has 136 valence electrons. The largest absolute Gasteiger partial charge is 0.497 e. The Balaban J connectivity index is 2.03. The molecule has 0 bridgehead atoms. The lowest BCUT2D eigenvalue weighted by Crippen LogP contribution is -2.53. The maximum atomic E-state index is 12.5. The molecule has 0 spiro atoms. The summed E-state index contributed by atoms with van der Waals surface area (Å²) in [6, 6.07) is 15.6. The number of nitrogens with one attached hydrogen (secondary N) is 1. The van der Waals surface area contributed by atoms with E-state index in [0.29, 0.717) is 22.2 Å². The first kappa shape index (κ1) is 18.9. The molecule has 6 heteroatoms. The standard InChI is InChI=1S/C21H18N2O2S2/c1-3-12-23-20(26)18(19(24)22-21(23)27)13-15-6-4-5-7-17(15)14-8-10-16(25-2)11-9-14/h3-11,13H,1,12H2,2H3,(H,22,24,27)/b18-13+. The molecule has 4 nitrogen and oxygen atoms in total. The van der Waals surface area contributed by atoms with E-state index < -0.39 is 0 Å². The van der Waals surface area contributed by atoms with Crippen LogP contribution in [-0.2, 0) is 4.79 Å². The van der Waals surface area contributed by atoms with Crippen LogP contribution in [0.5, 0.6) is 5.75 Å². The van der Waals surface area contributed by atoms with Crippen LogP contribution in [0.3, 0.4) is 0 Å². The summed E-state index contributed by atoms with van der Waals surface area (Å²) in [4.78, 5) is 14.6. The zero-order valence-corrected chi connectivity index (χ0v) is 16.4. The minimum Gasteiger partial charge on any atom is -0.497 e. The Kier molecular flexibility index (Phi) is 5.78. The van der Waals surface area contributed by atoms with Crippen LogP contribution in [0.15, 0.2) is 66.8 Å². The average Bonchev–Trinajstić information content (AvgIpc) is 2.69. The van der Waals surface area contributed by atoms with Gasteiger partial charge in [-0.15, -0.1) is 6.58 Å². The zero-order valence-electron chi connectivity index (χ0n) is 14.8. The minimum absolute atomic E-state index is 0.296. The Morgan fingerprint density at radius 2 is 1.85 bits per heavy atom. The first-order valence-electron chi connectivity index (χ1n) is 8.28. The summed E-state index contributed by atoms with van der Waals surface area (Å²) < 4.78 is 5.22. The van der Waals surface area contributed by atoms with Gasteiger partial charge in [-0.05, 0) is 47.1 Å². The summed E-state index contributed by atoms with van der Waals surface area (Å²) in [5.74, 6) is 0.492. The summed E-state index contributed by atoms with van der Waals surface area (Å²) in [5, 5.41) is 2.98. The highest BCUT2D eigenvalue weighted by atomic mass is 32.1. The number of amides is 1. The van der Waals surface area contributed by atoms with Crippen LogP contribution in [0.4, 0.5) is 0 Å². The molecule has 0 atom stereocenters. The van der Waals surface area contributed by atoms with Gasteiger partial charge >= 0.3 is 0 Å². The van der Waals surface area contributed by atoms with E-state index in [-0.39, 0.29) is 5.91 Å². The highest BCUT2D eigenvalue weighted by Gasteiger charge is 2.29. The third-order valence-corrected chi connectivity index (χ3v) is 4.92. The van der Waals surface area contributed by atoms with E-state index in [4.69, 9.17) is 29.2 Å². The number of ether oxygens (including phenoxy) is 1. The molecule has 27 heavy (non-hydrogen) atoms. The lowest BCUT2D eigenvalue weighted by Gasteiger charge is -2.30. The van der Waals surface area contributed by atoms with Crippen molar-refractivity contribution in [3.63, 3.8) is 0 Å². The Morgan fingerprint density at radius 1 is 1.15 bits per heavy atom. The normalized spacial score (nSPS) is 15.7. The second-order valence-corrected chi connectivity index (χ2v) is 6.61. The molecule has 0 aromatic heterocycles. The first-order chi connectivity index (χ1) is 13.0. The van der Waals surface area contributed by atoms with Gasteiger partial charge in [0.15, 0.2) is 5.11 Å². The van der Waals surface area contributed by atoms with E-state index >= 15 is 0 Å². The SMILES string of the molecule is C=CCN1C(=S)NC(=O)/C(=C\c2ccccc2-c2ccc(OC)cc2)C1=S. The number of hydrogen-bond donors (Lipinski definition) is 1. The van der Waals surface area contributed by atoms with Crippen LogP contribution < -0.4 is 10.1 Å². The number of benzene rings is 2. The molecule has 0 unspecified atom stereocenters. The molecule has 1 amide bonds. The van der Waals surface area contributed by atoms with E-state index in [1.54, 1.807) is 24.2 Å². The predicted molar refractivity (Wildman–Crippen MR) is 117 cm³/mol. The number of carbonyl (C=O) groups is 1. The van der Waals surface area contributed by atoms with Gasteiger partial charge in [0.2, 0.25) is 0 Å². The van der Waals surface area contributed by atoms with Crippen molar-refractivity contribution in [3.8, 4) is 16.9 Å². The van der Waals surface area contributed by atoms with Gasteiger partial charge in [-0.3, -0.25) is 10.1 Å². The van der Waals surface area contributed by atoms with Crippen LogP contribution in [-0.4, -0.2) is 34.6 Å². The summed E-state index contributed by atoms with van der Waals surface area (Å²) in [6.07, 6.45) is 3.49. The lowest BCUT2D eigenvalue weighted by atomic mass is 9.97. The molecular weight excluding hydrogens is 376 g/mol. The van der Waals surface area contributed by atoms with Crippen molar-refractivity contribution < 1.29 is 9.53 Å². The fourth-order valence-corrected chi connectivity index (χ4v) is 3.43. The third-order valence-electron chi connectivity index (χ3n) is 4.16. The summed E-state index contributed by atoms with van der Waals surface area (Å²) in [5.41, 5.74) is 3.30. The fourth-order valence-electron chi connectivity index (χ4n) is 2.80. The van der Waals surface area contributed by atoms with Crippen molar-refractivity contribution in [1.82, 2.24) is 10.2 Å². The molecule has 1 saturated heterocycles. The van der Waals surface area contributed by atoms with Crippen molar-refractivity contribution in [2.24, 2.45) is 0 Å². The number of nitrogens with zero attached hydrogens (tertiary/aromatic N) is 1.